The van der Waals surface area contributed by atoms with E-state index < -0.39 is 12.0 Å². The molecule has 0 aliphatic carbocycles. The number of carbonyl (C=O) groups is 3. The fourth-order valence-corrected chi connectivity index (χ4v) is 1.94. The van der Waals surface area contributed by atoms with Gasteiger partial charge in [0.05, 0.1) is 0 Å². The zero-order chi connectivity index (χ0) is 14.4. The van der Waals surface area contributed by atoms with Gasteiger partial charge in [0.15, 0.2) is 0 Å². The highest BCUT2D eigenvalue weighted by Crippen LogP contribution is 2.07. The first-order valence-electron chi connectivity index (χ1n) is 6.49. The van der Waals surface area contributed by atoms with Gasteiger partial charge in [-0.15, -0.1) is 0 Å². The molecule has 0 saturated carbocycles. The summed E-state index contributed by atoms with van der Waals surface area (Å²) in [6.07, 6.45) is 1.85. The maximum absolute atomic E-state index is 12.0. The van der Waals surface area contributed by atoms with E-state index in [4.69, 9.17) is 5.11 Å². The van der Waals surface area contributed by atoms with Crippen LogP contribution in [0, 0.1) is 0 Å². The molecule has 2 atom stereocenters. The molecule has 3 amide bonds. The van der Waals surface area contributed by atoms with Crippen molar-refractivity contribution >= 4 is 17.9 Å². The van der Waals surface area contributed by atoms with Gasteiger partial charge in [-0.1, -0.05) is 6.92 Å². The van der Waals surface area contributed by atoms with Crippen molar-refractivity contribution in [2.75, 3.05) is 13.1 Å². The molecule has 2 unspecified atom stereocenters. The number of urea groups is 1. The minimum Gasteiger partial charge on any atom is -0.480 e. The lowest BCUT2D eigenvalue weighted by Crippen LogP contribution is -2.49. The van der Waals surface area contributed by atoms with E-state index in [1.165, 1.54) is 4.90 Å². The molecule has 1 fully saturated rings. The zero-order valence-electron chi connectivity index (χ0n) is 11.3. The smallest absolute Gasteiger partial charge is 0.323 e. The molecule has 0 spiro atoms. The van der Waals surface area contributed by atoms with E-state index in [9.17, 15) is 14.4 Å². The van der Waals surface area contributed by atoms with E-state index in [1.807, 2.05) is 6.92 Å². The lowest BCUT2D eigenvalue weighted by Gasteiger charge is -2.27. The molecule has 1 aliphatic rings. The van der Waals surface area contributed by atoms with E-state index in [0.29, 0.717) is 25.8 Å². The number of aliphatic carboxylic acids is 1. The quantitative estimate of drug-likeness (QED) is 0.641. The van der Waals surface area contributed by atoms with Gasteiger partial charge in [0.1, 0.15) is 6.54 Å². The minimum atomic E-state index is -1.04. The second kappa shape index (κ2) is 6.96. The van der Waals surface area contributed by atoms with E-state index in [1.54, 1.807) is 6.92 Å². The molecule has 0 aromatic rings. The highest BCUT2D eigenvalue weighted by molar-refractivity contribution is 5.81. The molecule has 108 valence electrons. The number of nitrogens with one attached hydrogen (secondary N) is 2. The number of nitrogens with zero attached hydrogens (tertiary/aromatic N) is 1. The van der Waals surface area contributed by atoms with Crippen molar-refractivity contribution < 1.29 is 19.5 Å². The molecule has 0 radical (unpaired) electrons. The summed E-state index contributed by atoms with van der Waals surface area (Å²) in [7, 11) is 0. The second-order valence-corrected chi connectivity index (χ2v) is 4.77. The molecule has 1 saturated heterocycles. The van der Waals surface area contributed by atoms with Gasteiger partial charge >= 0.3 is 12.0 Å². The van der Waals surface area contributed by atoms with Crippen LogP contribution >= 0.6 is 0 Å². The molecule has 1 heterocycles. The maximum Gasteiger partial charge on any atom is 0.323 e. The van der Waals surface area contributed by atoms with Crippen LogP contribution in [0.4, 0.5) is 4.79 Å². The Labute approximate surface area is 112 Å². The number of carboxylic acids is 1. The average Bonchev–Trinajstić information content (AvgIpc) is 2.77. The van der Waals surface area contributed by atoms with Gasteiger partial charge in [0.2, 0.25) is 5.91 Å². The van der Waals surface area contributed by atoms with E-state index in [2.05, 4.69) is 10.6 Å². The van der Waals surface area contributed by atoms with E-state index in [0.717, 1.165) is 0 Å². The van der Waals surface area contributed by atoms with E-state index >= 15 is 0 Å². The monoisotopic (exact) mass is 271 g/mol. The molecular formula is C12H21N3O4. The average molecular weight is 271 g/mol. The third-order valence-corrected chi connectivity index (χ3v) is 3.27. The lowest BCUT2D eigenvalue weighted by molar-refractivity contribution is -0.138. The predicted molar refractivity (Wildman–Crippen MR) is 68.7 cm³/mol. The third-order valence-electron chi connectivity index (χ3n) is 3.27. The zero-order valence-corrected chi connectivity index (χ0v) is 11.3. The standard InChI is InChI=1S/C12H21N3O4/c1-3-8(2)15(7-11(17)18)12(19)13-6-9-4-5-10(16)14-9/h8-9H,3-7H2,1-2H3,(H,13,19)(H,14,16)(H,17,18). The van der Waals surface area contributed by atoms with E-state index in [-0.39, 0.29) is 24.5 Å². The van der Waals surface area contributed by atoms with Crippen LogP contribution < -0.4 is 10.6 Å². The van der Waals surface area contributed by atoms with Gasteiger partial charge in [-0.3, -0.25) is 9.59 Å². The molecule has 7 nitrogen and oxygen atoms in total. The highest BCUT2D eigenvalue weighted by Gasteiger charge is 2.24. The number of carboxylic acid groups (broad SMARTS) is 1. The van der Waals surface area contributed by atoms with Crippen molar-refractivity contribution in [3.05, 3.63) is 0 Å². The summed E-state index contributed by atoms with van der Waals surface area (Å²) in [5.74, 6) is -1.05. The number of amides is 3. The molecule has 19 heavy (non-hydrogen) atoms. The fourth-order valence-electron chi connectivity index (χ4n) is 1.94. The van der Waals surface area contributed by atoms with Gasteiger partial charge < -0.3 is 20.6 Å². The molecule has 0 bridgehead atoms. The summed E-state index contributed by atoms with van der Waals surface area (Å²) >= 11 is 0. The van der Waals surface area contributed by atoms with Gasteiger partial charge in [-0.2, -0.15) is 0 Å². The second-order valence-electron chi connectivity index (χ2n) is 4.77. The maximum atomic E-state index is 12.0. The van der Waals surface area contributed by atoms with Crippen LogP contribution in [0.15, 0.2) is 0 Å². The first-order chi connectivity index (χ1) is 8.93. The largest absolute Gasteiger partial charge is 0.480 e. The van der Waals surface area contributed by atoms with Crippen molar-refractivity contribution in [3.63, 3.8) is 0 Å². The molecule has 0 aromatic carbocycles. The summed E-state index contributed by atoms with van der Waals surface area (Å²) in [5.41, 5.74) is 0. The molecular weight excluding hydrogens is 250 g/mol. The Morgan fingerprint density at radius 1 is 1.58 bits per heavy atom. The predicted octanol–water partition coefficient (Wildman–Crippen LogP) is 0.160. The summed E-state index contributed by atoms with van der Waals surface area (Å²) in [6.45, 7) is 3.71. The topological polar surface area (TPSA) is 98.7 Å². The van der Waals surface area contributed by atoms with Crippen LogP contribution in [0.1, 0.15) is 33.1 Å². The highest BCUT2D eigenvalue weighted by atomic mass is 16.4. The molecule has 3 N–H and O–H groups in total. The van der Waals surface area contributed by atoms with Crippen molar-refractivity contribution in [2.24, 2.45) is 0 Å². The number of carbonyl (C=O) groups excluding carboxylic acids is 2. The molecule has 1 aliphatic heterocycles. The first kappa shape index (κ1) is 15.3. The van der Waals surface area contributed by atoms with Crippen LogP contribution in [-0.2, 0) is 9.59 Å². The SMILES string of the molecule is CCC(C)N(CC(=O)O)C(=O)NCC1CCC(=O)N1. The van der Waals surface area contributed by atoms with Crippen LogP contribution in [0.2, 0.25) is 0 Å². The number of hydrogen-bond acceptors (Lipinski definition) is 3. The van der Waals surface area contributed by atoms with Crippen molar-refractivity contribution in [2.45, 2.75) is 45.2 Å². The number of rotatable bonds is 6. The summed E-state index contributed by atoms with van der Waals surface area (Å²) in [4.78, 5) is 35.0. The normalized spacial score (nSPS) is 19.7. The number of hydrogen-bond donors (Lipinski definition) is 3. The Morgan fingerprint density at radius 3 is 2.74 bits per heavy atom. The summed E-state index contributed by atoms with van der Waals surface area (Å²) in [6, 6.07) is -0.604. The third kappa shape index (κ3) is 4.76. The molecule has 1 rings (SSSR count). The lowest BCUT2D eigenvalue weighted by atomic mass is 10.2. The van der Waals surface area contributed by atoms with Crippen LogP contribution in [0.3, 0.4) is 0 Å². The van der Waals surface area contributed by atoms with Crippen LogP contribution in [-0.4, -0.2) is 53.1 Å². The fraction of sp³-hybridized carbons (Fsp3) is 0.750. The Hall–Kier alpha value is -1.79. The Kier molecular flexibility index (Phi) is 5.59. The van der Waals surface area contributed by atoms with Crippen LogP contribution in [0.25, 0.3) is 0 Å². The van der Waals surface area contributed by atoms with Gasteiger partial charge in [0.25, 0.3) is 0 Å². The summed E-state index contributed by atoms with van der Waals surface area (Å²) in [5, 5.41) is 14.2. The van der Waals surface area contributed by atoms with Crippen LogP contribution in [0.5, 0.6) is 0 Å². The minimum absolute atomic E-state index is 0.0106. The Bertz CT molecular complexity index is 359. The van der Waals surface area contributed by atoms with Gasteiger partial charge in [0, 0.05) is 25.0 Å². The van der Waals surface area contributed by atoms with Crippen molar-refractivity contribution in [1.29, 1.82) is 0 Å². The Balaban J connectivity index is 2.47. The first-order valence-corrected chi connectivity index (χ1v) is 6.49. The summed E-state index contributed by atoms with van der Waals surface area (Å²) < 4.78 is 0. The van der Waals surface area contributed by atoms with Crippen molar-refractivity contribution in [1.82, 2.24) is 15.5 Å². The van der Waals surface area contributed by atoms with Crippen molar-refractivity contribution in [3.8, 4) is 0 Å². The Morgan fingerprint density at radius 2 is 2.26 bits per heavy atom. The molecule has 0 aromatic heterocycles. The molecule has 7 heteroatoms. The van der Waals surface area contributed by atoms with Gasteiger partial charge in [-0.05, 0) is 19.8 Å². The van der Waals surface area contributed by atoms with Gasteiger partial charge in [-0.25, -0.2) is 4.79 Å².